The average Bonchev–Trinajstić information content (AvgIpc) is 3.70. The number of hydrogen-bond donors (Lipinski definition) is 0. The molecule has 1 aliphatic heterocycles. The van der Waals surface area contributed by atoms with Gasteiger partial charge in [0, 0.05) is 54.0 Å². The molecular formula is C56H36N2OS. The molecule has 1 aromatic heterocycles. The van der Waals surface area contributed by atoms with E-state index < -0.39 is 0 Å². The first-order chi connectivity index (χ1) is 29.8. The van der Waals surface area contributed by atoms with Crippen molar-refractivity contribution in [3.05, 3.63) is 218 Å². The maximum absolute atomic E-state index is 6.72. The monoisotopic (exact) mass is 784 g/mol. The van der Waals surface area contributed by atoms with E-state index in [1.54, 1.807) is 0 Å². The first-order valence-electron chi connectivity index (χ1n) is 20.3. The predicted molar refractivity (Wildman–Crippen MR) is 253 cm³/mol. The molecule has 11 aromatic rings. The van der Waals surface area contributed by atoms with Crippen molar-refractivity contribution in [1.82, 2.24) is 0 Å². The number of anilines is 6. The predicted octanol–water partition coefficient (Wildman–Crippen LogP) is 16.6. The molecular weight excluding hydrogens is 749 g/mol. The van der Waals surface area contributed by atoms with E-state index in [0.29, 0.717) is 0 Å². The van der Waals surface area contributed by atoms with E-state index in [4.69, 9.17) is 4.42 Å². The summed E-state index contributed by atoms with van der Waals surface area (Å²) in [5.74, 6) is 0. The highest BCUT2D eigenvalue weighted by Gasteiger charge is 2.27. The van der Waals surface area contributed by atoms with Gasteiger partial charge in [0.2, 0.25) is 0 Å². The van der Waals surface area contributed by atoms with Crippen molar-refractivity contribution in [2.45, 2.75) is 9.79 Å². The van der Waals surface area contributed by atoms with Crippen LogP contribution < -0.4 is 9.80 Å². The zero-order chi connectivity index (χ0) is 39.6. The van der Waals surface area contributed by atoms with Gasteiger partial charge in [-0.3, -0.25) is 0 Å². The summed E-state index contributed by atoms with van der Waals surface area (Å²) in [6, 6.07) is 78.6. The zero-order valence-electron chi connectivity index (χ0n) is 32.5. The minimum absolute atomic E-state index is 0.865. The zero-order valence-corrected chi connectivity index (χ0v) is 33.3. The lowest BCUT2D eigenvalue weighted by molar-refractivity contribution is 0.669. The first-order valence-corrected chi connectivity index (χ1v) is 21.2. The van der Waals surface area contributed by atoms with Crippen LogP contribution in [0, 0.1) is 0 Å². The van der Waals surface area contributed by atoms with Crippen LogP contribution in [0.4, 0.5) is 34.1 Å². The Morgan fingerprint density at radius 3 is 1.92 bits per heavy atom. The Labute approximate surface area is 352 Å². The normalized spacial score (nSPS) is 11.9. The standard InChI is InChI=1S/C56H36N2OS/c1-3-16-38(17-4-1)43-21-9-11-25-49(43)58(51-26-13-23-47-44-22-10-12-27-52(44)59-56(47)51)42-31-32-45-46-33-34-50(48-24-14-28-53(55(46)48)60-54(45)36-42)57(40-19-5-2-6-20-40)41-30-29-37-15-7-8-18-39(37)35-41/h1-36H. The number of furan rings is 1. The van der Waals surface area contributed by atoms with Crippen LogP contribution in [0.3, 0.4) is 0 Å². The molecule has 60 heavy (non-hydrogen) atoms. The van der Waals surface area contributed by atoms with Crippen molar-refractivity contribution in [1.29, 1.82) is 0 Å². The quantitative estimate of drug-likeness (QED) is 0.160. The summed E-state index contributed by atoms with van der Waals surface area (Å²) >= 11 is 1.85. The van der Waals surface area contributed by atoms with Crippen LogP contribution in [0.1, 0.15) is 0 Å². The third kappa shape index (κ3) is 5.60. The van der Waals surface area contributed by atoms with E-state index in [0.717, 1.165) is 67.2 Å². The van der Waals surface area contributed by atoms with Gasteiger partial charge in [0.25, 0.3) is 0 Å². The largest absolute Gasteiger partial charge is 0.454 e. The molecule has 0 saturated heterocycles. The highest BCUT2D eigenvalue weighted by Crippen LogP contribution is 2.54. The molecule has 12 rings (SSSR count). The number of para-hydroxylation sites is 4. The fourth-order valence-corrected chi connectivity index (χ4v) is 10.3. The maximum atomic E-state index is 6.72. The second kappa shape index (κ2) is 14.1. The Morgan fingerprint density at radius 2 is 1.02 bits per heavy atom. The Balaban J connectivity index is 1.04. The molecule has 2 heterocycles. The van der Waals surface area contributed by atoms with E-state index in [1.165, 1.54) is 42.5 Å². The molecule has 0 radical (unpaired) electrons. The molecule has 0 amide bonds. The summed E-state index contributed by atoms with van der Waals surface area (Å²) in [4.78, 5) is 7.25. The van der Waals surface area contributed by atoms with Gasteiger partial charge in [0.1, 0.15) is 5.58 Å². The van der Waals surface area contributed by atoms with Crippen molar-refractivity contribution >= 4 is 89.4 Å². The molecule has 10 aromatic carbocycles. The molecule has 0 aliphatic carbocycles. The average molecular weight is 785 g/mol. The van der Waals surface area contributed by atoms with Crippen molar-refractivity contribution in [2.75, 3.05) is 9.80 Å². The van der Waals surface area contributed by atoms with Gasteiger partial charge in [0.15, 0.2) is 5.58 Å². The number of nitrogens with zero attached hydrogens (tertiary/aromatic N) is 2. The van der Waals surface area contributed by atoms with Gasteiger partial charge in [-0.25, -0.2) is 0 Å². The van der Waals surface area contributed by atoms with Crippen LogP contribution in [-0.4, -0.2) is 0 Å². The summed E-state index contributed by atoms with van der Waals surface area (Å²) in [5, 5.41) is 7.16. The third-order valence-electron chi connectivity index (χ3n) is 11.8. The molecule has 0 N–H and O–H groups in total. The van der Waals surface area contributed by atoms with Crippen molar-refractivity contribution < 1.29 is 4.42 Å². The minimum atomic E-state index is 0.865. The van der Waals surface area contributed by atoms with Crippen LogP contribution in [0.2, 0.25) is 0 Å². The van der Waals surface area contributed by atoms with Crippen molar-refractivity contribution in [3.8, 4) is 22.3 Å². The summed E-state index contributed by atoms with van der Waals surface area (Å²) in [5.41, 5.74) is 13.1. The number of rotatable bonds is 7. The van der Waals surface area contributed by atoms with Gasteiger partial charge in [-0.1, -0.05) is 163 Å². The highest BCUT2D eigenvalue weighted by atomic mass is 32.2. The molecule has 3 nitrogen and oxygen atoms in total. The Kier molecular flexibility index (Phi) is 8.10. The van der Waals surface area contributed by atoms with Gasteiger partial charge in [-0.2, -0.15) is 0 Å². The second-order valence-electron chi connectivity index (χ2n) is 15.3. The lowest BCUT2D eigenvalue weighted by Crippen LogP contribution is -2.12. The van der Waals surface area contributed by atoms with Crippen LogP contribution in [0.5, 0.6) is 0 Å². The fraction of sp³-hybridized carbons (Fsp3) is 0. The SMILES string of the molecule is c1ccc(-c2ccccc2N(c2ccc3c(c2)Sc2cccc4c(N(c5ccccc5)c5ccc6ccccc6c5)ccc-3c24)c2cccc3c2oc2ccccc23)cc1. The summed E-state index contributed by atoms with van der Waals surface area (Å²) in [6.07, 6.45) is 0. The summed E-state index contributed by atoms with van der Waals surface area (Å²) in [6.45, 7) is 0. The van der Waals surface area contributed by atoms with Crippen molar-refractivity contribution in [2.24, 2.45) is 0 Å². The van der Waals surface area contributed by atoms with Crippen LogP contribution >= 0.6 is 11.8 Å². The highest BCUT2D eigenvalue weighted by molar-refractivity contribution is 7.99. The molecule has 4 heteroatoms. The molecule has 0 fully saturated rings. The summed E-state index contributed by atoms with van der Waals surface area (Å²) < 4.78 is 6.72. The number of benzene rings is 10. The Morgan fingerprint density at radius 1 is 0.350 bits per heavy atom. The van der Waals surface area contributed by atoms with Gasteiger partial charge in [0.05, 0.1) is 17.1 Å². The molecule has 0 spiro atoms. The lowest BCUT2D eigenvalue weighted by Gasteiger charge is -2.31. The first kappa shape index (κ1) is 34.5. The number of fused-ring (bicyclic) bond motifs is 6. The van der Waals surface area contributed by atoms with Gasteiger partial charge in [-0.15, -0.1) is 0 Å². The smallest absolute Gasteiger partial charge is 0.159 e. The Bertz CT molecular complexity index is 3430. The van der Waals surface area contributed by atoms with Gasteiger partial charge in [-0.05, 0) is 94.2 Å². The van der Waals surface area contributed by atoms with E-state index in [1.807, 2.05) is 17.8 Å². The minimum Gasteiger partial charge on any atom is -0.454 e. The fourth-order valence-electron chi connectivity index (χ4n) is 9.10. The topological polar surface area (TPSA) is 19.6 Å². The van der Waals surface area contributed by atoms with E-state index in [9.17, 15) is 0 Å². The van der Waals surface area contributed by atoms with Crippen LogP contribution in [0.15, 0.2) is 233 Å². The summed E-state index contributed by atoms with van der Waals surface area (Å²) in [7, 11) is 0. The number of hydrogen-bond acceptors (Lipinski definition) is 4. The maximum Gasteiger partial charge on any atom is 0.159 e. The molecule has 0 bridgehead atoms. The molecule has 0 saturated carbocycles. The molecule has 1 aliphatic rings. The third-order valence-corrected chi connectivity index (χ3v) is 12.9. The van der Waals surface area contributed by atoms with Gasteiger partial charge >= 0.3 is 0 Å². The van der Waals surface area contributed by atoms with E-state index in [-0.39, 0.29) is 0 Å². The molecule has 282 valence electrons. The second-order valence-corrected chi connectivity index (χ2v) is 16.4. The Hall–Kier alpha value is -7.53. The van der Waals surface area contributed by atoms with Crippen molar-refractivity contribution in [3.63, 3.8) is 0 Å². The van der Waals surface area contributed by atoms with E-state index in [2.05, 4.69) is 222 Å². The van der Waals surface area contributed by atoms with Crippen LogP contribution in [-0.2, 0) is 0 Å². The molecule has 0 atom stereocenters. The van der Waals surface area contributed by atoms with Crippen LogP contribution in [0.25, 0.3) is 65.7 Å². The lowest BCUT2D eigenvalue weighted by atomic mass is 9.95. The van der Waals surface area contributed by atoms with Gasteiger partial charge < -0.3 is 14.2 Å². The molecule has 0 unspecified atom stereocenters. The van der Waals surface area contributed by atoms with E-state index >= 15 is 0 Å².